The summed E-state index contributed by atoms with van der Waals surface area (Å²) < 4.78 is 34.7. The molecule has 0 bridgehead atoms. The zero-order valence-corrected chi connectivity index (χ0v) is 20.1. The lowest BCUT2D eigenvalue weighted by atomic mass is 10.1. The third-order valence-corrected chi connectivity index (χ3v) is 7.84. The molecule has 1 aliphatic rings. The molecule has 0 atom stereocenters. The molecule has 0 aliphatic carbocycles. The van der Waals surface area contributed by atoms with Gasteiger partial charge in [0.25, 0.3) is 5.91 Å². The Morgan fingerprint density at radius 3 is 2.38 bits per heavy atom. The van der Waals surface area contributed by atoms with Gasteiger partial charge in [0.1, 0.15) is 18.2 Å². The molecule has 8 nitrogen and oxygen atoms in total. The Hall–Kier alpha value is -3.17. The number of aryl methyl sites for hydroxylation is 1. The van der Waals surface area contributed by atoms with E-state index in [1.807, 2.05) is 29.8 Å². The zero-order chi connectivity index (χ0) is 24.0. The summed E-state index contributed by atoms with van der Waals surface area (Å²) in [6, 6.07) is 13.9. The predicted molar refractivity (Wildman–Crippen MR) is 129 cm³/mol. The number of carbonyl (C=O) groups excluding carboxylic acids is 1. The molecule has 2 aromatic carbocycles. The number of sulfonamides is 1. The normalized spacial score (nSPS) is 14.6. The Bertz CT molecular complexity index is 1200. The molecule has 1 aromatic heterocycles. The van der Waals surface area contributed by atoms with Crippen LogP contribution in [-0.2, 0) is 16.6 Å². The summed E-state index contributed by atoms with van der Waals surface area (Å²) in [6.07, 6.45) is 6.58. The van der Waals surface area contributed by atoms with E-state index in [-0.39, 0.29) is 17.4 Å². The fraction of sp³-hybridized carbons (Fsp3) is 0.360. The SMILES string of the molecule is Cc1nccn1Cc1ccc(C(=O)NCCOc2ccc(S(=O)(=O)N3CCCCC3)cc2)cc1. The van der Waals surface area contributed by atoms with Gasteiger partial charge in [-0.2, -0.15) is 4.31 Å². The second-order valence-electron chi connectivity index (χ2n) is 8.34. The highest BCUT2D eigenvalue weighted by molar-refractivity contribution is 7.89. The van der Waals surface area contributed by atoms with Crippen molar-refractivity contribution < 1.29 is 17.9 Å². The molecule has 3 aromatic rings. The van der Waals surface area contributed by atoms with Crippen molar-refractivity contribution in [2.24, 2.45) is 0 Å². The van der Waals surface area contributed by atoms with E-state index in [9.17, 15) is 13.2 Å². The first-order chi connectivity index (χ1) is 16.4. The highest BCUT2D eigenvalue weighted by Crippen LogP contribution is 2.22. The molecular formula is C25H30N4O4S. The molecule has 9 heteroatoms. The summed E-state index contributed by atoms with van der Waals surface area (Å²) in [5.41, 5.74) is 1.67. The maximum atomic E-state index is 12.7. The van der Waals surface area contributed by atoms with Crippen molar-refractivity contribution in [1.82, 2.24) is 19.2 Å². The molecular weight excluding hydrogens is 452 g/mol. The molecule has 1 amide bonds. The fourth-order valence-corrected chi connectivity index (χ4v) is 5.44. The Kier molecular flexibility index (Phi) is 7.64. The monoisotopic (exact) mass is 482 g/mol. The molecule has 1 aliphatic heterocycles. The van der Waals surface area contributed by atoms with Crippen LogP contribution in [0.1, 0.15) is 41.0 Å². The number of rotatable bonds is 9. The van der Waals surface area contributed by atoms with Gasteiger partial charge in [0.15, 0.2) is 0 Å². The number of amides is 1. The Labute approximate surface area is 200 Å². The average molecular weight is 483 g/mol. The first-order valence-corrected chi connectivity index (χ1v) is 13.0. The van der Waals surface area contributed by atoms with Gasteiger partial charge in [-0.25, -0.2) is 13.4 Å². The van der Waals surface area contributed by atoms with E-state index >= 15 is 0 Å². The largest absolute Gasteiger partial charge is 0.492 e. The topological polar surface area (TPSA) is 93.5 Å². The lowest BCUT2D eigenvalue weighted by Gasteiger charge is -2.25. The maximum absolute atomic E-state index is 12.7. The van der Waals surface area contributed by atoms with Gasteiger partial charge >= 0.3 is 0 Å². The zero-order valence-electron chi connectivity index (χ0n) is 19.3. The van der Waals surface area contributed by atoms with E-state index in [1.54, 1.807) is 46.9 Å². The van der Waals surface area contributed by atoms with Gasteiger partial charge in [0.05, 0.1) is 11.4 Å². The van der Waals surface area contributed by atoms with Crippen LogP contribution in [0, 0.1) is 6.92 Å². The molecule has 1 saturated heterocycles. The number of aromatic nitrogens is 2. The second kappa shape index (κ2) is 10.8. The average Bonchev–Trinajstić information content (AvgIpc) is 3.27. The molecule has 180 valence electrons. The van der Waals surface area contributed by atoms with E-state index < -0.39 is 10.0 Å². The number of hydrogen-bond donors (Lipinski definition) is 1. The number of nitrogens with zero attached hydrogens (tertiary/aromatic N) is 3. The van der Waals surface area contributed by atoms with E-state index in [0.29, 0.717) is 37.5 Å². The molecule has 2 heterocycles. The molecule has 0 saturated carbocycles. The summed E-state index contributed by atoms with van der Waals surface area (Å²) in [6.45, 7) is 4.43. The van der Waals surface area contributed by atoms with E-state index in [1.165, 1.54) is 0 Å². The minimum absolute atomic E-state index is 0.170. The molecule has 4 rings (SSSR count). The second-order valence-corrected chi connectivity index (χ2v) is 10.3. The molecule has 1 N–H and O–H groups in total. The third-order valence-electron chi connectivity index (χ3n) is 5.93. The van der Waals surface area contributed by atoms with Crippen LogP contribution < -0.4 is 10.1 Å². The lowest BCUT2D eigenvalue weighted by molar-refractivity contribution is 0.0947. The van der Waals surface area contributed by atoms with Crippen LogP contribution in [0.15, 0.2) is 65.8 Å². The summed E-state index contributed by atoms with van der Waals surface area (Å²) in [5, 5.41) is 2.84. The van der Waals surface area contributed by atoms with Crippen LogP contribution in [0.25, 0.3) is 0 Å². The summed E-state index contributed by atoms with van der Waals surface area (Å²) >= 11 is 0. The summed E-state index contributed by atoms with van der Waals surface area (Å²) in [5.74, 6) is 1.34. The van der Waals surface area contributed by atoms with Crippen LogP contribution >= 0.6 is 0 Å². The van der Waals surface area contributed by atoms with E-state index in [0.717, 1.165) is 30.7 Å². The van der Waals surface area contributed by atoms with Gasteiger partial charge in [-0.1, -0.05) is 18.6 Å². The highest BCUT2D eigenvalue weighted by atomic mass is 32.2. The Morgan fingerprint density at radius 1 is 1.03 bits per heavy atom. The molecule has 1 fully saturated rings. The van der Waals surface area contributed by atoms with Crippen molar-refractivity contribution in [2.45, 2.75) is 37.6 Å². The summed E-state index contributed by atoms with van der Waals surface area (Å²) in [4.78, 5) is 16.9. The van der Waals surface area contributed by atoms with Crippen LogP contribution in [-0.4, -0.2) is 54.4 Å². The van der Waals surface area contributed by atoms with Gasteiger partial charge in [-0.3, -0.25) is 4.79 Å². The third kappa shape index (κ3) is 5.84. The number of nitrogens with one attached hydrogen (secondary N) is 1. The molecule has 34 heavy (non-hydrogen) atoms. The van der Waals surface area contributed by atoms with E-state index in [4.69, 9.17) is 4.74 Å². The number of benzene rings is 2. The van der Waals surface area contributed by atoms with Crippen LogP contribution in [0.3, 0.4) is 0 Å². The highest BCUT2D eigenvalue weighted by Gasteiger charge is 2.25. The van der Waals surface area contributed by atoms with Gasteiger partial charge in [-0.05, 0) is 61.7 Å². The molecule has 0 radical (unpaired) electrons. The predicted octanol–water partition coefficient (Wildman–Crippen LogP) is 3.22. The van der Waals surface area contributed by atoms with Gasteiger partial charge < -0.3 is 14.6 Å². The smallest absolute Gasteiger partial charge is 0.251 e. The van der Waals surface area contributed by atoms with Crippen molar-refractivity contribution in [1.29, 1.82) is 0 Å². The number of hydrogen-bond acceptors (Lipinski definition) is 5. The van der Waals surface area contributed by atoms with Crippen molar-refractivity contribution in [3.63, 3.8) is 0 Å². The number of imidazole rings is 1. The minimum atomic E-state index is -3.45. The quantitative estimate of drug-likeness (QED) is 0.473. The number of carbonyl (C=O) groups is 1. The van der Waals surface area contributed by atoms with Crippen molar-refractivity contribution >= 4 is 15.9 Å². The standard InChI is InChI=1S/C25H30N4O4S/c1-20-26-13-17-28(20)19-21-5-7-22(8-6-21)25(30)27-14-18-33-23-9-11-24(12-10-23)34(31,32)29-15-3-2-4-16-29/h5-13,17H,2-4,14-16,18-19H2,1H3,(H,27,30). The van der Waals surface area contributed by atoms with Gasteiger partial charge in [0.2, 0.25) is 10.0 Å². The molecule has 0 unspecified atom stereocenters. The van der Waals surface area contributed by atoms with Crippen LogP contribution in [0.4, 0.5) is 0 Å². The van der Waals surface area contributed by atoms with Crippen LogP contribution in [0.5, 0.6) is 5.75 Å². The Morgan fingerprint density at radius 2 is 1.74 bits per heavy atom. The Balaban J connectivity index is 1.22. The minimum Gasteiger partial charge on any atom is -0.492 e. The first-order valence-electron chi connectivity index (χ1n) is 11.5. The first kappa shape index (κ1) is 24.0. The number of piperidine rings is 1. The fourth-order valence-electron chi connectivity index (χ4n) is 3.93. The maximum Gasteiger partial charge on any atom is 0.251 e. The van der Waals surface area contributed by atoms with E-state index in [2.05, 4.69) is 10.3 Å². The van der Waals surface area contributed by atoms with Gasteiger partial charge in [0, 0.05) is 37.6 Å². The van der Waals surface area contributed by atoms with Crippen molar-refractivity contribution in [3.8, 4) is 5.75 Å². The van der Waals surface area contributed by atoms with Crippen molar-refractivity contribution in [3.05, 3.63) is 77.9 Å². The van der Waals surface area contributed by atoms with Crippen molar-refractivity contribution in [2.75, 3.05) is 26.2 Å². The lowest BCUT2D eigenvalue weighted by Crippen LogP contribution is -2.35. The number of ether oxygens (including phenoxy) is 1. The molecule has 0 spiro atoms. The van der Waals surface area contributed by atoms with Gasteiger partial charge in [-0.15, -0.1) is 0 Å². The summed E-state index contributed by atoms with van der Waals surface area (Å²) in [7, 11) is -3.45. The van der Waals surface area contributed by atoms with Crippen LogP contribution in [0.2, 0.25) is 0 Å².